The number of unbranched alkanes of at least 4 members (excludes halogenated alkanes) is 5. The van der Waals surface area contributed by atoms with Crippen LogP contribution in [0.5, 0.6) is 5.75 Å². The molecule has 0 amide bonds. The predicted octanol–water partition coefficient (Wildman–Crippen LogP) is 7.63. The topological polar surface area (TPSA) is 50.1 Å². The van der Waals surface area contributed by atoms with Crippen LogP contribution in [0.1, 0.15) is 66.9 Å². The van der Waals surface area contributed by atoms with Crippen molar-refractivity contribution in [1.82, 2.24) is 0 Å². The van der Waals surface area contributed by atoms with E-state index in [0.29, 0.717) is 0 Å². The summed E-state index contributed by atoms with van der Waals surface area (Å²) in [6, 6.07) is 18.8. The van der Waals surface area contributed by atoms with Crippen molar-refractivity contribution in [2.24, 2.45) is 0 Å². The molecule has 0 aliphatic heterocycles. The molecule has 0 unspecified atom stereocenters. The lowest BCUT2D eigenvalue weighted by molar-refractivity contribution is 0.0726. The van der Waals surface area contributed by atoms with Crippen molar-refractivity contribution in [3.63, 3.8) is 0 Å². The molecule has 3 rings (SSSR count). The van der Waals surface area contributed by atoms with E-state index in [9.17, 15) is 13.6 Å². The van der Waals surface area contributed by atoms with Crippen LogP contribution in [0.2, 0.25) is 0 Å². The molecule has 0 aliphatic carbocycles. The molecule has 170 valence electrons. The molecule has 3 aromatic carbocycles. The summed E-state index contributed by atoms with van der Waals surface area (Å²) in [5.74, 6) is -4.06. The molecular formula is C28H27F2NO2. The number of benzene rings is 3. The van der Waals surface area contributed by atoms with E-state index in [1.165, 1.54) is 50.2 Å². The highest BCUT2D eigenvalue weighted by Gasteiger charge is 2.18. The van der Waals surface area contributed by atoms with Gasteiger partial charge in [0.15, 0.2) is 11.6 Å². The van der Waals surface area contributed by atoms with Gasteiger partial charge in [-0.1, -0.05) is 75.4 Å². The molecule has 0 fully saturated rings. The van der Waals surface area contributed by atoms with Gasteiger partial charge in [-0.25, -0.2) is 9.18 Å². The molecule has 5 heteroatoms. The van der Waals surface area contributed by atoms with Crippen molar-refractivity contribution in [1.29, 1.82) is 5.26 Å². The van der Waals surface area contributed by atoms with Gasteiger partial charge in [-0.2, -0.15) is 9.65 Å². The molecule has 0 radical (unpaired) electrons. The van der Waals surface area contributed by atoms with E-state index < -0.39 is 28.9 Å². The van der Waals surface area contributed by atoms with Crippen molar-refractivity contribution < 1.29 is 18.3 Å². The predicted molar refractivity (Wildman–Crippen MR) is 125 cm³/mol. The fourth-order valence-corrected chi connectivity index (χ4v) is 3.63. The molecule has 0 spiro atoms. The normalized spacial score (nSPS) is 10.6. The number of hydrogen-bond donors (Lipinski definition) is 0. The average molecular weight is 448 g/mol. The number of carbonyl (C=O) groups is 1. The number of nitriles is 1. The Labute approximate surface area is 193 Å². The zero-order valence-corrected chi connectivity index (χ0v) is 18.7. The Morgan fingerprint density at radius 2 is 1.42 bits per heavy atom. The van der Waals surface area contributed by atoms with Crippen molar-refractivity contribution in [2.75, 3.05) is 0 Å². The first kappa shape index (κ1) is 24.1. The van der Waals surface area contributed by atoms with Gasteiger partial charge in [0.25, 0.3) is 0 Å². The van der Waals surface area contributed by atoms with Crippen LogP contribution in [0, 0.1) is 23.0 Å². The summed E-state index contributed by atoms with van der Waals surface area (Å²) in [4.78, 5) is 12.3. The highest BCUT2D eigenvalue weighted by molar-refractivity contribution is 5.91. The van der Waals surface area contributed by atoms with Crippen molar-refractivity contribution in [3.8, 4) is 22.9 Å². The number of aryl methyl sites for hydroxylation is 1. The second kappa shape index (κ2) is 11.9. The van der Waals surface area contributed by atoms with Gasteiger partial charge in [0, 0.05) is 0 Å². The van der Waals surface area contributed by atoms with E-state index >= 15 is 0 Å². The van der Waals surface area contributed by atoms with Crippen molar-refractivity contribution in [2.45, 2.75) is 51.9 Å². The average Bonchev–Trinajstić information content (AvgIpc) is 2.85. The van der Waals surface area contributed by atoms with Crippen molar-refractivity contribution >= 4 is 5.97 Å². The fourth-order valence-electron chi connectivity index (χ4n) is 3.63. The van der Waals surface area contributed by atoms with Crippen LogP contribution in [0.4, 0.5) is 8.78 Å². The highest BCUT2D eigenvalue weighted by atomic mass is 19.2. The lowest BCUT2D eigenvalue weighted by atomic mass is 10.00. The number of carbonyl (C=O) groups excluding carboxylic acids is 1. The van der Waals surface area contributed by atoms with Gasteiger partial charge in [0.05, 0.1) is 11.1 Å². The molecule has 0 atom stereocenters. The number of nitrogens with zero attached hydrogens (tertiary/aromatic N) is 1. The van der Waals surface area contributed by atoms with Crippen LogP contribution in [0.3, 0.4) is 0 Å². The molecule has 0 heterocycles. The molecule has 3 aromatic rings. The molecular weight excluding hydrogens is 420 g/mol. The standard InChI is InChI=1S/C28H27F2NO2/c1-2-3-4-5-6-7-8-20-9-11-21(12-10-20)22-13-15-23(16-14-22)28(32)33-25-18-17-24(19-31)26(29)27(25)30/h9-18H,2-8H2,1H3. The molecule has 0 aromatic heterocycles. The van der Waals surface area contributed by atoms with E-state index in [1.807, 2.05) is 0 Å². The maximum Gasteiger partial charge on any atom is 0.343 e. The van der Waals surface area contributed by atoms with Gasteiger partial charge in [-0.05, 0) is 53.8 Å². The minimum Gasteiger partial charge on any atom is -0.420 e. The molecule has 0 N–H and O–H groups in total. The summed E-state index contributed by atoms with van der Waals surface area (Å²) in [6.07, 6.45) is 8.73. The molecule has 3 nitrogen and oxygen atoms in total. The number of rotatable bonds is 10. The smallest absolute Gasteiger partial charge is 0.343 e. The lowest BCUT2D eigenvalue weighted by Gasteiger charge is -2.08. The summed E-state index contributed by atoms with van der Waals surface area (Å²) in [6.45, 7) is 2.22. The molecule has 33 heavy (non-hydrogen) atoms. The van der Waals surface area contributed by atoms with Crippen LogP contribution >= 0.6 is 0 Å². The third-order valence-electron chi connectivity index (χ3n) is 5.60. The van der Waals surface area contributed by atoms with Gasteiger partial charge >= 0.3 is 5.97 Å². The van der Waals surface area contributed by atoms with Crippen LogP contribution in [-0.4, -0.2) is 5.97 Å². The monoisotopic (exact) mass is 447 g/mol. The van der Waals surface area contributed by atoms with Crippen LogP contribution in [0.25, 0.3) is 11.1 Å². The Morgan fingerprint density at radius 3 is 2.06 bits per heavy atom. The second-order valence-corrected chi connectivity index (χ2v) is 8.03. The molecule has 0 bridgehead atoms. The Kier molecular flexibility index (Phi) is 8.71. The summed E-state index contributed by atoms with van der Waals surface area (Å²) >= 11 is 0. The van der Waals surface area contributed by atoms with Crippen LogP contribution in [-0.2, 0) is 6.42 Å². The minimum atomic E-state index is -1.36. The summed E-state index contributed by atoms with van der Waals surface area (Å²) in [5, 5.41) is 8.74. The van der Waals surface area contributed by atoms with Crippen molar-refractivity contribution in [3.05, 3.63) is 89.0 Å². The van der Waals surface area contributed by atoms with Gasteiger partial charge in [-0.15, -0.1) is 0 Å². The number of ether oxygens (including phenoxy) is 1. The molecule has 0 saturated carbocycles. The van der Waals surface area contributed by atoms with E-state index in [-0.39, 0.29) is 5.56 Å². The maximum atomic E-state index is 14.0. The van der Waals surface area contributed by atoms with E-state index in [4.69, 9.17) is 10.00 Å². The zero-order chi connectivity index (χ0) is 23.6. The first-order valence-corrected chi connectivity index (χ1v) is 11.3. The molecule has 0 saturated heterocycles. The number of halogens is 2. The quantitative estimate of drug-likeness (QED) is 0.182. The minimum absolute atomic E-state index is 0.211. The summed E-state index contributed by atoms with van der Waals surface area (Å²) < 4.78 is 32.7. The largest absolute Gasteiger partial charge is 0.420 e. The number of hydrogen-bond acceptors (Lipinski definition) is 3. The highest BCUT2D eigenvalue weighted by Crippen LogP contribution is 2.25. The van der Waals surface area contributed by atoms with Gasteiger partial charge in [-0.3, -0.25) is 0 Å². The van der Waals surface area contributed by atoms with Gasteiger partial charge in [0.1, 0.15) is 6.07 Å². The van der Waals surface area contributed by atoms with Crippen LogP contribution < -0.4 is 4.74 Å². The summed E-state index contributed by atoms with van der Waals surface area (Å²) in [7, 11) is 0. The second-order valence-electron chi connectivity index (χ2n) is 8.03. The first-order valence-electron chi connectivity index (χ1n) is 11.3. The van der Waals surface area contributed by atoms with E-state index in [0.717, 1.165) is 29.7 Å². The Bertz CT molecular complexity index is 1120. The summed E-state index contributed by atoms with van der Waals surface area (Å²) in [5.41, 5.74) is 3.04. The van der Waals surface area contributed by atoms with Gasteiger partial charge in [0.2, 0.25) is 5.82 Å². The SMILES string of the molecule is CCCCCCCCc1ccc(-c2ccc(C(=O)Oc3ccc(C#N)c(F)c3F)cc2)cc1. The van der Waals surface area contributed by atoms with Gasteiger partial charge < -0.3 is 4.74 Å². The lowest BCUT2D eigenvalue weighted by Crippen LogP contribution is -2.10. The third kappa shape index (κ3) is 6.49. The van der Waals surface area contributed by atoms with E-state index in [2.05, 4.69) is 31.2 Å². The Hall–Kier alpha value is -3.52. The Balaban J connectivity index is 1.58. The zero-order valence-electron chi connectivity index (χ0n) is 18.7. The molecule has 0 aliphatic rings. The fraction of sp³-hybridized carbons (Fsp3) is 0.286. The van der Waals surface area contributed by atoms with Crippen LogP contribution in [0.15, 0.2) is 60.7 Å². The maximum absolute atomic E-state index is 14.0. The number of esters is 1. The first-order chi connectivity index (χ1) is 16.0. The Morgan fingerprint density at radius 1 is 0.818 bits per heavy atom. The third-order valence-corrected chi connectivity index (χ3v) is 5.60. The van der Waals surface area contributed by atoms with E-state index in [1.54, 1.807) is 24.3 Å².